The minimum atomic E-state index is -4.17. The monoisotopic (exact) mass is 372 g/mol. The minimum absolute atomic E-state index is 0.0393. The lowest BCUT2D eigenvalue weighted by atomic mass is 10.2. The summed E-state index contributed by atoms with van der Waals surface area (Å²) in [6, 6.07) is 5.77. The molecule has 0 aliphatic heterocycles. The first-order valence-corrected chi connectivity index (χ1v) is 8.40. The molecule has 1 heterocycles. The number of nitrogens with zero attached hydrogens (tertiary/aromatic N) is 1. The van der Waals surface area contributed by atoms with Gasteiger partial charge in [-0.15, -0.1) is 0 Å². The molecule has 1 aromatic carbocycles. The van der Waals surface area contributed by atoms with Crippen LogP contribution >= 0.6 is 0 Å². The number of rotatable bonds is 6. The average molecular weight is 372 g/mol. The Kier molecular flexibility index (Phi) is 5.52. The van der Waals surface area contributed by atoms with Crippen molar-refractivity contribution in [2.24, 2.45) is 0 Å². The van der Waals surface area contributed by atoms with E-state index in [-0.39, 0.29) is 27.7 Å². The van der Waals surface area contributed by atoms with Crippen LogP contribution in [0.3, 0.4) is 0 Å². The van der Waals surface area contributed by atoms with Crippen LogP contribution in [0.4, 0.5) is 8.78 Å². The third-order valence-corrected chi connectivity index (χ3v) is 4.61. The van der Waals surface area contributed by atoms with Crippen molar-refractivity contribution in [2.45, 2.75) is 25.4 Å². The standard InChI is InChI=1S/C15H14F2N2O5S/c1-9-14(10(2)24-18-9)25(21,22)19-13(20)8-7-11-5-3-4-6-12(11)23-15(16)17/h3-8,15H,1-2H3,(H,19,20)/b8-7+. The smallest absolute Gasteiger partial charge is 0.387 e. The fourth-order valence-corrected chi connectivity index (χ4v) is 3.34. The van der Waals surface area contributed by atoms with E-state index in [1.807, 2.05) is 4.72 Å². The second-order valence-corrected chi connectivity index (χ2v) is 6.49. The molecule has 0 radical (unpaired) electrons. The highest BCUT2D eigenvalue weighted by Gasteiger charge is 2.25. The van der Waals surface area contributed by atoms with Gasteiger partial charge in [0.2, 0.25) is 0 Å². The van der Waals surface area contributed by atoms with Gasteiger partial charge in [-0.25, -0.2) is 13.1 Å². The number of nitrogens with one attached hydrogen (secondary N) is 1. The largest absolute Gasteiger partial charge is 0.434 e. The summed E-state index contributed by atoms with van der Waals surface area (Å²) in [7, 11) is -4.17. The van der Waals surface area contributed by atoms with Crippen LogP contribution in [-0.4, -0.2) is 26.1 Å². The number of ether oxygens (including phenoxy) is 1. The quantitative estimate of drug-likeness (QED) is 0.782. The second kappa shape index (κ2) is 7.43. The number of amides is 1. The Morgan fingerprint density at radius 1 is 1.32 bits per heavy atom. The first-order chi connectivity index (χ1) is 11.7. The number of alkyl halides is 2. The molecule has 0 bridgehead atoms. The molecule has 0 spiro atoms. The Labute approximate surface area is 142 Å². The maximum Gasteiger partial charge on any atom is 0.387 e. The Morgan fingerprint density at radius 2 is 2.00 bits per heavy atom. The van der Waals surface area contributed by atoms with Crippen molar-refractivity contribution in [3.8, 4) is 5.75 Å². The molecule has 0 fully saturated rings. The Balaban J connectivity index is 2.17. The van der Waals surface area contributed by atoms with Gasteiger partial charge in [0.25, 0.3) is 15.9 Å². The van der Waals surface area contributed by atoms with E-state index < -0.39 is 22.5 Å². The molecule has 7 nitrogen and oxygen atoms in total. The van der Waals surface area contributed by atoms with Crippen molar-refractivity contribution < 1.29 is 31.3 Å². The van der Waals surface area contributed by atoms with Crippen molar-refractivity contribution >= 4 is 22.0 Å². The number of aromatic nitrogens is 1. The van der Waals surface area contributed by atoms with Crippen LogP contribution in [0, 0.1) is 13.8 Å². The number of halogens is 2. The molecule has 1 amide bonds. The Bertz CT molecular complexity index is 887. The molecule has 10 heteroatoms. The highest BCUT2D eigenvalue weighted by Crippen LogP contribution is 2.22. The number of hydrogen-bond acceptors (Lipinski definition) is 6. The summed E-state index contributed by atoms with van der Waals surface area (Å²) >= 11 is 0. The Hall–Kier alpha value is -2.75. The van der Waals surface area contributed by atoms with Crippen molar-refractivity contribution in [1.29, 1.82) is 0 Å². The molecule has 0 saturated carbocycles. The summed E-state index contributed by atoms with van der Waals surface area (Å²) in [5.41, 5.74) is 0.296. The molecule has 2 rings (SSSR count). The van der Waals surface area contributed by atoms with Gasteiger partial charge in [-0.2, -0.15) is 8.78 Å². The van der Waals surface area contributed by atoms with Gasteiger partial charge in [0.1, 0.15) is 11.4 Å². The SMILES string of the molecule is Cc1noc(C)c1S(=O)(=O)NC(=O)/C=C/c1ccccc1OC(F)F. The zero-order valence-electron chi connectivity index (χ0n) is 13.2. The van der Waals surface area contributed by atoms with Gasteiger partial charge in [0, 0.05) is 11.6 Å². The van der Waals surface area contributed by atoms with E-state index in [0.29, 0.717) is 0 Å². The number of benzene rings is 1. The van der Waals surface area contributed by atoms with E-state index in [0.717, 1.165) is 12.2 Å². The first-order valence-electron chi connectivity index (χ1n) is 6.92. The molecule has 1 aromatic heterocycles. The van der Waals surface area contributed by atoms with Gasteiger partial charge >= 0.3 is 6.61 Å². The zero-order chi connectivity index (χ0) is 18.6. The van der Waals surface area contributed by atoms with Crippen LogP contribution < -0.4 is 9.46 Å². The summed E-state index contributed by atoms with van der Waals surface area (Å²) in [4.78, 5) is 11.6. The van der Waals surface area contributed by atoms with Gasteiger partial charge in [0.15, 0.2) is 10.7 Å². The van der Waals surface area contributed by atoms with Crippen LogP contribution in [0.15, 0.2) is 39.8 Å². The van der Waals surface area contributed by atoms with E-state index in [2.05, 4.69) is 9.89 Å². The van der Waals surface area contributed by atoms with Crippen LogP contribution in [0.25, 0.3) is 6.08 Å². The number of aryl methyl sites for hydroxylation is 2. The summed E-state index contributed by atoms with van der Waals surface area (Å²) in [6.07, 6.45) is 2.05. The molecular weight excluding hydrogens is 358 g/mol. The van der Waals surface area contributed by atoms with Gasteiger partial charge in [-0.05, 0) is 26.0 Å². The predicted octanol–water partition coefficient (Wildman–Crippen LogP) is 2.41. The van der Waals surface area contributed by atoms with Crippen LogP contribution in [0.2, 0.25) is 0 Å². The molecule has 1 N–H and O–H groups in total. The fraction of sp³-hybridized carbons (Fsp3) is 0.200. The number of carbonyl (C=O) groups is 1. The van der Waals surface area contributed by atoms with E-state index in [1.54, 1.807) is 6.07 Å². The highest BCUT2D eigenvalue weighted by atomic mass is 32.2. The number of sulfonamides is 1. The lowest BCUT2D eigenvalue weighted by molar-refractivity contribution is -0.114. The molecular formula is C15H14F2N2O5S. The van der Waals surface area contributed by atoms with Gasteiger partial charge in [0.05, 0.1) is 0 Å². The van der Waals surface area contributed by atoms with Crippen molar-refractivity contribution in [1.82, 2.24) is 9.88 Å². The maximum atomic E-state index is 12.3. The summed E-state index contributed by atoms with van der Waals surface area (Å²) in [5.74, 6) is -1.07. The number of hydrogen-bond donors (Lipinski definition) is 1. The molecule has 25 heavy (non-hydrogen) atoms. The third-order valence-electron chi connectivity index (χ3n) is 3.02. The average Bonchev–Trinajstić information content (AvgIpc) is 2.85. The number of carbonyl (C=O) groups excluding carboxylic acids is 1. The second-order valence-electron chi connectivity index (χ2n) is 4.87. The predicted molar refractivity (Wildman–Crippen MR) is 83.4 cm³/mol. The molecule has 0 atom stereocenters. The fourth-order valence-electron chi connectivity index (χ4n) is 2.06. The first kappa shape index (κ1) is 18.6. The zero-order valence-corrected chi connectivity index (χ0v) is 14.0. The Morgan fingerprint density at radius 3 is 2.60 bits per heavy atom. The molecule has 0 aliphatic rings. The minimum Gasteiger partial charge on any atom is -0.434 e. The number of para-hydroxylation sites is 1. The van der Waals surface area contributed by atoms with E-state index in [1.165, 1.54) is 32.0 Å². The highest BCUT2D eigenvalue weighted by molar-refractivity contribution is 7.90. The summed E-state index contributed by atoms with van der Waals surface area (Å²) in [6.45, 7) is -0.209. The maximum absolute atomic E-state index is 12.3. The molecule has 0 aliphatic carbocycles. The van der Waals surface area contributed by atoms with E-state index in [9.17, 15) is 22.0 Å². The summed E-state index contributed by atoms with van der Waals surface area (Å²) < 4.78 is 59.9. The van der Waals surface area contributed by atoms with Gasteiger partial charge < -0.3 is 9.26 Å². The molecule has 2 aromatic rings. The third kappa shape index (κ3) is 4.63. The molecule has 0 unspecified atom stereocenters. The lowest BCUT2D eigenvalue weighted by Gasteiger charge is -2.07. The van der Waals surface area contributed by atoms with Crippen molar-refractivity contribution in [3.05, 3.63) is 47.4 Å². The lowest BCUT2D eigenvalue weighted by Crippen LogP contribution is -2.29. The van der Waals surface area contributed by atoms with E-state index in [4.69, 9.17) is 4.52 Å². The van der Waals surface area contributed by atoms with Gasteiger partial charge in [-0.3, -0.25) is 4.79 Å². The van der Waals surface area contributed by atoms with Crippen molar-refractivity contribution in [3.63, 3.8) is 0 Å². The van der Waals surface area contributed by atoms with Crippen LogP contribution in [-0.2, 0) is 14.8 Å². The van der Waals surface area contributed by atoms with Crippen LogP contribution in [0.1, 0.15) is 17.0 Å². The van der Waals surface area contributed by atoms with Gasteiger partial charge in [-0.1, -0.05) is 23.4 Å². The molecule has 0 saturated heterocycles. The molecule has 134 valence electrons. The summed E-state index contributed by atoms with van der Waals surface area (Å²) in [5, 5.41) is 3.51. The van der Waals surface area contributed by atoms with Crippen LogP contribution in [0.5, 0.6) is 5.75 Å². The topological polar surface area (TPSA) is 98.5 Å². The van der Waals surface area contributed by atoms with Crippen molar-refractivity contribution in [2.75, 3.05) is 0 Å². The normalized spacial score (nSPS) is 11.9. The van der Waals surface area contributed by atoms with E-state index >= 15 is 0 Å².